The van der Waals surface area contributed by atoms with Gasteiger partial charge in [0.1, 0.15) is 11.4 Å². The Bertz CT molecular complexity index is 748. The Morgan fingerprint density at radius 2 is 2.08 bits per heavy atom. The van der Waals surface area contributed by atoms with Gasteiger partial charge in [0.15, 0.2) is 0 Å². The minimum absolute atomic E-state index is 0.0353. The zero-order valence-electron chi connectivity index (χ0n) is 14.2. The van der Waals surface area contributed by atoms with Crippen molar-refractivity contribution in [3.8, 4) is 11.8 Å². The van der Waals surface area contributed by atoms with Crippen molar-refractivity contribution >= 4 is 5.91 Å². The van der Waals surface area contributed by atoms with Crippen LogP contribution in [0.3, 0.4) is 0 Å². The standard InChI is InChI=1S/C18H21N3O3/c1-21(17(22)15-9-10-19-18(20-15)24-3)16-6-4-5-12-11-13(23-2)7-8-14(12)16/h7-11,16H,4-6H2,1-3H3. The Balaban J connectivity index is 1.88. The van der Waals surface area contributed by atoms with Crippen molar-refractivity contribution in [2.24, 2.45) is 0 Å². The van der Waals surface area contributed by atoms with Gasteiger partial charge in [-0.05, 0) is 48.6 Å². The Kier molecular flexibility index (Phi) is 4.64. The third-order valence-corrected chi connectivity index (χ3v) is 4.46. The summed E-state index contributed by atoms with van der Waals surface area (Å²) in [6, 6.07) is 7.91. The average molecular weight is 327 g/mol. The highest BCUT2D eigenvalue weighted by molar-refractivity contribution is 5.92. The van der Waals surface area contributed by atoms with Crippen LogP contribution in [0.4, 0.5) is 0 Å². The molecule has 0 bridgehead atoms. The fraction of sp³-hybridized carbons (Fsp3) is 0.389. The van der Waals surface area contributed by atoms with Crippen molar-refractivity contribution in [1.29, 1.82) is 0 Å². The molecule has 0 saturated carbocycles. The summed E-state index contributed by atoms with van der Waals surface area (Å²) in [5.41, 5.74) is 2.76. The number of hydrogen-bond donors (Lipinski definition) is 0. The van der Waals surface area contributed by atoms with E-state index in [1.807, 2.05) is 13.1 Å². The lowest BCUT2D eigenvalue weighted by molar-refractivity contribution is 0.0707. The lowest BCUT2D eigenvalue weighted by Crippen LogP contribution is -2.34. The molecule has 1 aliphatic rings. The fourth-order valence-corrected chi connectivity index (χ4v) is 3.17. The van der Waals surface area contributed by atoms with Crippen molar-refractivity contribution < 1.29 is 14.3 Å². The van der Waals surface area contributed by atoms with E-state index in [0.29, 0.717) is 5.69 Å². The number of benzene rings is 1. The second kappa shape index (κ2) is 6.86. The van der Waals surface area contributed by atoms with Gasteiger partial charge >= 0.3 is 6.01 Å². The van der Waals surface area contributed by atoms with Crippen LogP contribution < -0.4 is 9.47 Å². The number of nitrogens with zero attached hydrogens (tertiary/aromatic N) is 3. The summed E-state index contributed by atoms with van der Waals surface area (Å²) in [5.74, 6) is 0.716. The minimum Gasteiger partial charge on any atom is -0.497 e. The van der Waals surface area contributed by atoms with Crippen LogP contribution in [0.2, 0.25) is 0 Å². The molecule has 0 N–H and O–H groups in total. The van der Waals surface area contributed by atoms with Gasteiger partial charge in [-0.3, -0.25) is 4.79 Å². The molecule has 1 aromatic heterocycles. The quantitative estimate of drug-likeness (QED) is 0.864. The summed E-state index contributed by atoms with van der Waals surface area (Å²) < 4.78 is 10.3. The molecule has 0 spiro atoms. The zero-order chi connectivity index (χ0) is 17.1. The van der Waals surface area contributed by atoms with Crippen LogP contribution >= 0.6 is 0 Å². The van der Waals surface area contributed by atoms with Crippen LogP contribution in [-0.2, 0) is 6.42 Å². The van der Waals surface area contributed by atoms with E-state index in [1.54, 1.807) is 18.1 Å². The number of aromatic nitrogens is 2. The number of aryl methyl sites for hydroxylation is 1. The molecule has 6 nitrogen and oxygen atoms in total. The van der Waals surface area contributed by atoms with E-state index >= 15 is 0 Å². The second-order valence-corrected chi connectivity index (χ2v) is 5.82. The number of carbonyl (C=O) groups excluding carboxylic acids is 1. The smallest absolute Gasteiger partial charge is 0.316 e. The van der Waals surface area contributed by atoms with Gasteiger partial charge in [0.05, 0.1) is 20.3 Å². The minimum atomic E-state index is -0.135. The maximum absolute atomic E-state index is 12.8. The molecule has 0 radical (unpaired) electrons. The van der Waals surface area contributed by atoms with Crippen molar-refractivity contribution in [3.05, 3.63) is 47.3 Å². The van der Waals surface area contributed by atoms with E-state index in [1.165, 1.54) is 24.4 Å². The van der Waals surface area contributed by atoms with Gasteiger partial charge in [0.25, 0.3) is 5.91 Å². The van der Waals surface area contributed by atoms with Crippen molar-refractivity contribution in [2.45, 2.75) is 25.3 Å². The molecule has 3 rings (SSSR count). The first-order chi connectivity index (χ1) is 11.6. The molecule has 1 heterocycles. The molecular formula is C18H21N3O3. The highest BCUT2D eigenvalue weighted by atomic mass is 16.5. The van der Waals surface area contributed by atoms with Crippen LogP contribution in [0.5, 0.6) is 11.8 Å². The van der Waals surface area contributed by atoms with Crippen molar-refractivity contribution in [2.75, 3.05) is 21.3 Å². The number of rotatable bonds is 4. The molecule has 0 aliphatic heterocycles. The topological polar surface area (TPSA) is 64.5 Å². The number of methoxy groups -OCH3 is 2. The molecule has 1 aromatic carbocycles. The van der Waals surface area contributed by atoms with E-state index in [2.05, 4.69) is 22.1 Å². The molecule has 1 atom stereocenters. The molecular weight excluding hydrogens is 306 g/mol. The molecule has 1 amide bonds. The first-order valence-electron chi connectivity index (χ1n) is 7.95. The summed E-state index contributed by atoms with van der Waals surface area (Å²) in [6.07, 6.45) is 4.51. The lowest BCUT2D eigenvalue weighted by Gasteiger charge is -2.33. The van der Waals surface area contributed by atoms with E-state index in [9.17, 15) is 4.79 Å². The number of hydrogen-bond acceptors (Lipinski definition) is 5. The van der Waals surface area contributed by atoms with E-state index < -0.39 is 0 Å². The predicted octanol–water partition coefficient (Wildman–Crippen LogP) is 2.64. The van der Waals surface area contributed by atoms with E-state index in [0.717, 1.165) is 25.0 Å². The van der Waals surface area contributed by atoms with Crippen LogP contribution in [0, 0.1) is 0 Å². The molecule has 24 heavy (non-hydrogen) atoms. The van der Waals surface area contributed by atoms with Gasteiger partial charge < -0.3 is 14.4 Å². The Labute approximate surface area is 141 Å². The highest BCUT2D eigenvalue weighted by Gasteiger charge is 2.28. The molecule has 1 unspecified atom stereocenters. The maximum atomic E-state index is 12.8. The Morgan fingerprint density at radius 1 is 1.25 bits per heavy atom. The van der Waals surface area contributed by atoms with Crippen LogP contribution in [-0.4, -0.2) is 42.0 Å². The third kappa shape index (κ3) is 3.04. The summed E-state index contributed by atoms with van der Waals surface area (Å²) in [6.45, 7) is 0. The molecule has 0 saturated heterocycles. The van der Waals surface area contributed by atoms with Gasteiger partial charge in [-0.25, -0.2) is 4.98 Å². The Morgan fingerprint density at radius 3 is 2.83 bits per heavy atom. The first kappa shape index (κ1) is 16.2. The number of ether oxygens (including phenoxy) is 2. The van der Waals surface area contributed by atoms with Gasteiger partial charge in [-0.1, -0.05) is 6.07 Å². The van der Waals surface area contributed by atoms with Gasteiger partial charge in [0, 0.05) is 13.2 Å². The number of carbonyl (C=O) groups is 1. The van der Waals surface area contributed by atoms with E-state index in [4.69, 9.17) is 9.47 Å². The first-order valence-corrected chi connectivity index (χ1v) is 7.95. The van der Waals surface area contributed by atoms with Crippen LogP contribution in [0.1, 0.15) is 40.5 Å². The molecule has 6 heteroatoms. The summed E-state index contributed by atoms with van der Waals surface area (Å²) in [5, 5.41) is 0. The summed E-state index contributed by atoms with van der Waals surface area (Å²) in [7, 11) is 4.97. The molecule has 1 aliphatic carbocycles. The van der Waals surface area contributed by atoms with Crippen LogP contribution in [0.15, 0.2) is 30.5 Å². The SMILES string of the molecule is COc1ccc2c(c1)CCCC2N(C)C(=O)c1ccnc(OC)n1. The average Bonchev–Trinajstić information content (AvgIpc) is 2.65. The largest absolute Gasteiger partial charge is 0.497 e. The van der Waals surface area contributed by atoms with Crippen molar-refractivity contribution in [1.82, 2.24) is 14.9 Å². The van der Waals surface area contributed by atoms with Crippen LogP contribution in [0.25, 0.3) is 0 Å². The highest BCUT2D eigenvalue weighted by Crippen LogP contribution is 2.36. The second-order valence-electron chi connectivity index (χ2n) is 5.82. The summed E-state index contributed by atoms with van der Waals surface area (Å²) in [4.78, 5) is 22.7. The van der Waals surface area contributed by atoms with E-state index in [-0.39, 0.29) is 18.0 Å². The normalized spacial score (nSPS) is 16.2. The van der Waals surface area contributed by atoms with Gasteiger partial charge in [-0.15, -0.1) is 0 Å². The summed E-state index contributed by atoms with van der Waals surface area (Å²) >= 11 is 0. The van der Waals surface area contributed by atoms with Crippen molar-refractivity contribution in [3.63, 3.8) is 0 Å². The third-order valence-electron chi connectivity index (χ3n) is 4.46. The molecule has 126 valence electrons. The maximum Gasteiger partial charge on any atom is 0.316 e. The predicted molar refractivity (Wildman–Crippen MR) is 89.4 cm³/mol. The number of amides is 1. The zero-order valence-corrected chi connectivity index (χ0v) is 14.2. The molecule has 2 aromatic rings. The molecule has 0 fully saturated rings. The Hall–Kier alpha value is -2.63. The lowest BCUT2D eigenvalue weighted by atomic mass is 9.86. The van der Waals surface area contributed by atoms with Gasteiger partial charge in [0.2, 0.25) is 0 Å². The number of fused-ring (bicyclic) bond motifs is 1. The van der Waals surface area contributed by atoms with Gasteiger partial charge in [-0.2, -0.15) is 4.98 Å². The monoisotopic (exact) mass is 327 g/mol. The fourth-order valence-electron chi connectivity index (χ4n) is 3.17.